The van der Waals surface area contributed by atoms with E-state index >= 15 is 0 Å². The summed E-state index contributed by atoms with van der Waals surface area (Å²) in [5, 5.41) is 0. The van der Waals surface area contributed by atoms with Gasteiger partial charge in [0.1, 0.15) is 0 Å². The van der Waals surface area contributed by atoms with Crippen LogP contribution in [0.3, 0.4) is 0 Å². The van der Waals surface area contributed by atoms with Gasteiger partial charge >= 0.3 is 0 Å². The molecule has 0 aromatic heterocycles. The van der Waals surface area contributed by atoms with Gasteiger partial charge in [0.05, 0.1) is 0 Å². The normalized spacial score (nSPS) is 11.5. The summed E-state index contributed by atoms with van der Waals surface area (Å²) in [6.07, 6.45) is 2.48. The first-order valence-corrected chi connectivity index (χ1v) is 9.45. The van der Waals surface area contributed by atoms with Crippen molar-refractivity contribution in [2.45, 2.75) is 45.4 Å². The van der Waals surface area contributed by atoms with Crippen LogP contribution in [-0.4, -0.2) is 5.75 Å². The van der Waals surface area contributed by atoms with Crippen molar-refractivity contribution < 1.29 is 0 Å². The number of thioether (sulfide) groups is 1. The Kier molecular flexibility index (Phi) is 6.12. The van der Waals surface area contributed by atoms with Gasteiger partial charge in [-0.25, -0.2) is 0 Å². The summed E-state index contributed by atoms with van der Waals surface area (Å²) in [4.78, 5) is 1.36. The maximum atomic E-state index is 3.99. The fraction of sp³-hybridized carbons (Fsp3) is 0.364. The second kappa shape index (κ2) is 7.88. The largest absolute Gasteiger partial charge is 0.126 e. The lowest BCUT2D eigenvalue weighted by Crippen LogP contribution is -2.16. The Bertz CT molecular complexity index is 631. The zero-order valence-corrected chi connectivity index (χ0v) is 15.7. The van der Waals surface area contributed by atoms with Crippen molar-refractivity contribution in [2.24, 2.45) is 5.41 Å². The molecule has 0 aliphatic rings. The van der Waals surface area contributed by atoms with Gasteiger partial charge in [0.15, 0.2) is 0 Å². The minimum Gasteiger partial charge on any atom is -0.126 e. The summed E-state index contributed by atoms with van der Waals surface area (Å²) in [7, 11) is 0. The monoisotopic (exact) mass is 324 g/mol. The van der Waals surface area contributed by atoms with Crippen LogP contribution in [0.2, 0.25) is 0 Å². The van der Waals surface area contributed by atoms with Crippen LogP contribution in [0.15, 0.2) is 60.0 Å². The highest BCUT2D eigenvalue weighted by atomic mass is 32.2. The molecule has 0 radical (unpaired) electrons. The van der Waals surface area contributed by atoms with Crippen LogP contribution in [0.5, 0.6) is 0 Å². The topological polar surface area (TPSA) is 0 Å². The molecule has 0 saturated heterocycles. The fourth-order valence-corrected chi connectivity index (χ4v) is 3.65. The maximum Gasteiger partial charge on any atom is 0.00725 e. The lowest BCUT2D eigenvalue weighted by atomic mass is 9.87. The van der Waals surface area contributed by atoms with Crippen LogP contribution in [0.25, 0.3) is 16.7 Å². The molecule has 0 nitrogen and oxygen atoms in total. The standard InChI is InChI=1S/C22H28S/c1-6-22(5,7-2)16-23-21-14-12-20(13-15-21)19-10-8-18(9-11-19)17(3)4/h8-15H,3,6-7,16H2,1-2,4-5H3. The maximum absolute atomic E-state index is 3.99. The molecule has 0 atom stereocenters. The average molecular weight is 325 g/mol. The molecule has 0 heterocycles. The van der Waals surface area contributed by atoms with Gasteiger partial charge in [-0.1, -0.05) is 69.3 Å². The highest BCUT2D eigenvalue weighted by Crippen LogP contribution is 2.34. The van der Waals surface area contributed by atoms with Crippen LogP contribution in [-0.2, 0) is 0 Å². The molecule has 0 fully saturated rings. The minimum atomic E-state index is 0.446. The van der Waals surface area contributed by atoms with Crippen molar-refractivity contribution in [3.05, 3.63) is 60.7 Å². The summed E-state index contributed by atoms with van der Waals surface area (Å²) in [5.41, 5.74) is 5.30. The zero-order valence-electron chi connectivity index (χ0n) is 14.9. The third-order valence-electron chi connectivity index (χ3n) is 4.86. The van der Waals surface area contributed by atoms with Gasteiger partial charge < -0.3 is 0 Å². The molecule has 0 bridgehead atoms. The Morgan fingerprint density at radius 1 is 0.913 bits per heavy atom. The van der Waals surface area contributed by atoms with Gasteiger partial charge in [-0.15, -0.1) is 11.8 Å². The summed E-state index contributed by atoms with van der Waals surface area (Å²) in [6.45, 7) is 13.0. The second-order valence-corrected chi connectivity index (χ2v) is 7.74. The van der Waals surface area contributed by atoms with E-state index in [1.54, 1.807) is 0 Å². The Morgan fingerprint density at radius 2 is 1.39 bits per heavy atom. The molecule has 2 aromatic rings. The summed E-state index contributed by atoms with van der Waals surface area (Å²) in [5.74, 6) is 1.19. The van der Waals surface area contributed by atoms with Gasteiger partial charge in [-0.2, -0.15) is 0 Å². The smallest absolute Gasteiger partial charge is 0.00725 e. The number of rotatable bonds is 7. The van der Waals surface area contributed by atoms with Crippen molar-refractivity contribution in [3.63, 3.8) is 0 Å². The third-order valence-corrected chi connectivity index (χ3v) is 6.31. The Morgan fingerprint density at radius 3 is 1.83 bits per heavy atom. The summed E-state index contributed by atoms with van der Waals surface area (Å²) < 4.78 is 0. The molecular weight excluding hydrogens is 296 g/mol. The molecular formula is C22H28S. The Hall–Kier alpha value is -1.47. The highest BCUT2D eigenvalue weighted by molar-refractivity contribution is 7.99. The Balaban J connectivity index is 2.06. The lowest BCUT2D eigenvalue weighted by molar-refractivity contribution is 0.347. The molecule has 0 amide bonds. The number of benzene rings is 2. The molecule has 23 heavy (non-hydrogen) atoms. The highest BCUT2D eigenvalue weighted by Gasteiger charge is 2.19. The summed E-state index contributed by atoms with van der Waals surface area (Å²) in [6, 6.07) is 17.6. The van der Waals surface area contributed by atoms with Gasteiger partial charge in [0, 0.05) is 10.6 Å². The van der Waals surface area contributed by atoms with Crippen LogP contribution >= 0.6 is 11.8 Å². The summed E-state index contributed by atoms with van der Waals surface area (Å²) >= 11 is 1.98. The predicted octanol–water partition coefficient (Wildman–Crippen LogP) is 7.31. The van der Waals surface area contributed by atoms with E-state index in [-0.39, 0.29) is 0 Å². The van der Waals surface area contributed by atoms with Crippen molar-refractivity contribution in [1.82, 2.24) is 0 Å². The average Bonchev–Trinajstić information content (AvgIpc) is 2.60. The first-order valence-electron chi connectivity index (χ1n) is 8.46. The number of hydrogen-bond donors (Lipinski definition) is 0. The molecule has 2 aromatic carbocycles. The quantitative estimate of drug-likeness (QED) is 0.481. The molecule has 0 spiro atoms. The van der Waals surface area contributed by atoms with E-state index in [9.17, 15) is 0 Å². The predicted molar refractivity (Wildman–Crippen MR) is 106 cm³/mol. The van der Waals surface area contributed by atoms with E-state index in [4.69, 9.17) is 0 Å². The molecule has 0 saturated carbocycles. The van der Waals surface area contributed by atoms with Gasteiger partial charge in [-0.3, -0.25) is 0 Å². The van der Waals surface area contributed by atoms with E-state index in [0.717, 1.165) is 5.57 Å². The van der Waals surface area contributed by atoms with Crippen molar-refractivity contribution >= 4 is 17.3 Å². The van der Waals surface area contributed by atoms with E-state index in [1.807, 2.05) is 18.7 Å². The molecule has 0 unspecified atom stereocenters. The lowest BCUT2D eigenvalue weighted by Gasteiger charge is -2.26. The van der Waals surface area contributed by atoms with E-state index in [0.29, 0.717) is 5.41 Å². The van der Waals surface area contributed by atoms with E-state index < -0.39 is 0 Å². The molecule has 0 aliphatic heterocycles. The molecule has 1 heteroatoms. The van der Waals surface area contributed by atoms with Crippen LogP contribution < -0.4 is 0 Å². The minimum absolute atomic E-state index is 0.446. The molecule has 2 rings (SSSR count). The SMILES string of the molecule is C=C(C)c1ccc(-c2ccc(SCC(C)(CC)CC)cc2)cc1. The fourth-order valence-electron chi connectivity index (χ4n) is 2.40. The van der Waals surface area contributed by atoms with Crippen LogP contribution in [0.1, 0.15) is 46.1 Å². The second-order valence-electron chi connectivity index (χ2n) is 6.69. The van der Waals surface area contributed by atoms with Gasteiger partial charge in [-0.05, 0) is 54.0 Å². The van der Waals surface area contributed by atoms with Gasteiger partial charge in [0.25, 0.3) is 0 Å². The molecule has 0 aliphatic carbocycles. The first-order chi connectivity index (χ1) is 11.0. The van der Waals surface area contributed by atoms with Gasteiger partial charge in [0.2, 0.25) is 0 Å². The van der Waals surface area contributed by atoms with Crippen molar-refractivity contribution in [1.29, 1.82) is 0 Å². The zero-order chi connectivity index (χ0) is 16.9. The van der Waals surface area contributed by atoms with Crippen molar-refractivity contribution in [3.8, 4) is 11.1 Å². The molecule has 122 valence electrons. The number of allylic oxidation sites excluding steroid dienone is 1. The van der Waals surface area contributed by atoms with Crippen LogP contribution in [0, 0.1) is 5.41 Å². The third kappa shape index (κ3) is 4.75. The Labute approximate surface area is 146 Å². The van der Waals surface area contributed by atoms with E-state index in [2.05, 4.69) is 75.9 Å². The first kappa shape index (κ1) is 17.9. The molecule has 0 N–H and O–H groups in total. The van der Waals surface area contributed by atoms with E-state index in [1.165, 1.54) is 40.2 Å². The van der Waals surface area contributed by atoms with Crippen molar-refractivity contribution in [2.75, 3.05) is 5.75 Å². The number of hydrogen-bond acceptors (Lipinski definition) is 1. The van der Waals surface area contributed by atoms with Crippen LogP contribution in [0.4, 0.5) is 0 Å².